The van der Waals surface area contributed by atoms with Crippen molar-refractivity contribution in [2.24, 2.45) is 28.6 Å². The zero-order valence-electron chi connectivity index (χ0n) is 14.9. The Labute approximate surface area is 139 Å². The van der Waals surface area contributed by atoms with Gasteiger partial charge in [0.1, 0.15) is 6.29 Å². The van der Waals surface area contributed by atoms with Crippen LogP contribution in [-0.4, -0.2) is 22.8 Å². The van der Waals surface area contributed by atoms with Crippen LogP contribution in [0, 0.1) is 28.6 Å². The zero-order chi connectivity index (χ0) is 17.0. The minimum Gasteiger partial charge on any atom is -0.386 e. The molecule has 3 nitrogen and oxygen atoms in total. The lowest BCUT2D eigenvalue weighted by atomic mass is 9.45. The van der Waals surface area contributed by atoms with Crippen LogP contribution in [0.3, 0.4) is 0 Å². The van der Waals surface area contributed by atoms with Crippen molar-refractivity contribution < 1.29 is 14.7 Å². The molecule has 0 amide bonds. The number of carbonyl (C=O) groups is 2. The van der Waals surface area contributed by atoms with Gasteiger partial charge in [0.2, 0.25) is 0 Å². The number of hydrogen-bond acceptors (Lipinski definition) is 3. The van der Waals surface area contributed by atoms with Crippen molar-refractivity contribution in [3.8, 4) is 0 Å². The second-order valence-corrected chi connectivity index (χ2v) is 9.00. The standard InChI is InChI=1S/C20H30O3/c1-13(2)20(23)9-6-15-14(11-20)16(22)10-17-18(3,12-21)7-5-8-19(15,17)4/h11-13,15,17,23H,5-10H2,1-4H3/t15-,17-,18+,19+,20+/m0/s1. The molecular formula is C20H30O3. The van der Waals surface area contributed by atoms with Crippen LogP contribution in [0.5, 0.6) is 0 Å². The Morgan fingerprint density at radius 2 is 1.96 bits per heavy atom. The molecule has 0 spiro atoms. The molecule has 0 aromatic carbocycles. The van der Waals surface area contributed by atoms with E-state index in [4.69, 9.17) is 0 Å². The Kier molecular flexibility index (Phi) is 3.87. The van der Waals surface area contributed by atoms with E-state index in [-0.39, 0.29) is 34.4 Å². The maximum Gasteiger partial charge on any atom is 0.159 e. The van der Waals surface area contributed by atoms with Crippen LogP contribution in [0.4, 0.5) is 0 Å². The van der Waals surface area contributed by atoms with Crippen molar-refractivity contribution in [2.75, 3.05) is 0 Å². The molecule has 0 bridgehead atoms. The van der Waals surface area contributed by atoms with E-state index in [1.165, 1.54) is 0 Å². The maximum atomic E-state index is 12.8. The first kappa shape index (κ1) is 16.9. The molecule has 2 saturated carbocycles. The normalized spacial score (nSPS) is 46.9. The number of carbonyl (C=O) groups excluding carboxylic acids is 2. The monoisotopic (exact) mass is 318 g/mol. The summed E-state index contributed by atoms with van der Waals surface area (Å²) in [6.45, 7) is 8.35. The van der Waals surface area contributed by atoms with E-state index in [1.54, 1.807) is 0 Å². The lowest BCUT2D eigenvalue weighted by molar-refractivity contribution is -0.141. The molecule has 23 heavy (non-hydrogen) atoms. The third-order valence-electron chi connectivity index (χ3n) is 7.41. The highest BCUT2D eigenvalue weighted by Gasteiger charge is 2.58. The number of ketones is 1. The summed E-state index contributed by atoms with van der Waals surface area (Å²) >= 11 is 0. The Morgan fingerprint density at radius 1 is 1.26 bits per heavy atom. The summed E-state index contributed by atoms with van der Waals surface area (Å²) in [5, 5.41) is 10.8. The fourth-order valence-corrected chi connectivity index (χ4v) is 5.67. The van der Waals surface area contributed by atoms with Crippen LogP contribution in [0.25, 0.3) is 0 Å². The molecule has 0 unspecified atom stereocenters. The van der Waals surface area contributed by atoms with Crippen molar-refractivity contribution >= 4 is 12.1 Å². The predicted octanol–water partition coefficient (Wildman–Crippen LogP) is 3.69. The molecule has 0 aromatic rings. The summed E-state index contributed by atoms with van der Waals surface area (Å²) in [4.78, 5) is 24.6. The number of aliphatic hydroxyl groups is 1. The van der Waals surface area contributed by atoms with Gasteiger partial charge in [-0.05, 0) is 60.5 Å². The van der Waals surface area contributed by atoms with E-state index in [0.29, 0.717) is 12.8 Å². The number of hydrogen-bond donors (Lipinski definition) is 1. The maximum absolute atomic E-state index is 12.8. The Hall–Kier alpha value is -0.960. The summed E-state index contributed by atoms with van der Waals surface area (Å²) < 4.78 is 0. The highest BCUT2D eigenvalue weighted by atomic mass is 16.3. The SMILES string of the molecule is CC(C)[C@]1(O)C=C2C(=O)C[C@@H]3[C@](C)(CCC[C@]3(C)C=O)[C@H]2CC1. The fourth-order valence-electron chi connectivity index (χ4n) is 5.67. The van der Waals surface area contributed by atoms with Gasteiger partial charge in [-0.2, -0.15) is 0 Å². The van der Waals surface area contributed by atoms with Crippen LogP contribution in [0.1, 0.15) is 66.2 Å². The van der Waals surface area contributed by atoms with Crippen LogP contribution in [-0.2, 0) is 9.59 Å². The van der Waals surface area contributed by atoms with Gasteiger partial charge in [-0.1, -0.05) is 34.1 Å². The topological polar surface area (TPSA) is 54.4 Å². The van der Waals surface area contributed by atoms with Crippen molar-refractivity contribution in [1.29, 1.82) is 0 Å². The van der Waals surface area contributed by atoms with Crippen molar-refractivity contribution in [3.05, 3.63) is 11.6 Å². The molecule has 0 radical (unpaired) electrons. The molecule has 3 rings (SSSR count). The number of Topliss-reactive ketones (excluding diaryl/α,β-unsaturated/α-hetero) is 1. The van der Waals surface area contributed by atoms with E-state index in [0.717, 1.165) is 37.5 Å². The summed E-state index contributed by atoms with van der Waals surface area (Å²) in [6.07, 6.45) is 8.03. The second-order valence-electron chi connectivity index (χ2n) is 9.00. The van der Waals surface area contributed by atoms with Crippen LogP contribution < -0.4 is 0 Å². The fraction of sp³-hybridized carbons (Fsp3) is 0.800. The minimum absolute atomic E-state index is 0.00592. The van der Waals surface area contributed by atoms with Gasteiger partial charge < -0.3 is 9.90 Å². The van der Waals surface area contributed by atoms with Crippen LogP contribution in [0.2, 0.25) is 0 Å². The lowest BCUT2D eigenvalue weighted by Crippen LogP contribution is -2.55. The molecule has 1 N–H and O–H groups in total. The van der Waals surface area contributed by atoms with Gasteiger partial charge in [-0.25, -0.2) is 0 Å². The number of fused-ring (bicyclic) bond motifs is 3. The molecular weight excluding hydrogens is 288 g/mol. The highest BCUT2D eigenvalue weighted by Crippen LogP contribution is 2.62. The Morgan fingerprint density at radius 3 is 2.57 bits per heavy atom. The average Bonchev–Trinajstić information content (AvgIpc) is 2.50. The minimum atomic E-state index is -0.854. The summed E-state index contributed by atoms with van der Waals surface area (Å²) in [6, 6.07) is 0. The van der Waals surface area contributed by atoms with E-state index in [2.05, 4.69) is 6.92 Å². The van der Waals surface area contributed by atoms with Crippen LogP contribution >= 0.6 is 0 Å². The smallest absolute Gasteiger partial charge is 0.159 e. The molecule has 3 aliphatic carbocycles. The van der Waals surface area contributed by atoms with E-state index < -0.39 is 5.60 Å². The van der Waals surface area contributed by atoms with Crippen LogP contribution in [0.15, 0.2) is 11.6 Å². The van der Waals surface area contributed by atoms with Gasteiger partial charge in [0.15, 0.2) is 5.78 Å². The molecule has 3 heteroatoms. The number of aldehydes is 1. The number of rotatable bonds is 2. The van der Waals surface area contributed by atoms with Gasteiger partial charge >= 0.3 is 0 Å². The highest BCUT2D eigenvalue weighted by molar-refractivity contribution is 5.98. The van der Waals surface area contributed by atoms with E-state index in [1.807, 2.05) is 26.8 Å². The van der Waals surface area contributed by atoms with Gasteiger partial charge in [-0.15, -0.1) is 0 Å². The van der Waals surface area contributed by atoms with Gasteiger partial charge in [0, 0.05) is 11.8 Å². The summed E-state index contributed by atoms with van der Waals surface area (Å²) in [7, 11) is 0. The molecule has 0 saturated heterocycles. The third kappa shape index (κ3) is 2.34. The molecule has 5 atom stereocenters. The molecule has 0 aromatic heterocycles. The predicted molar refractivity (Wildman–Crippen MR) is 89.8 cm³/mol. The summed E-state index contributed by atoms with van der Waals surface area (Å²) in [5.74, 6) is 0.612. The van der Waals surface area contributed by atoms with E-state index in [9.17, 15) is 14.7 Å². The zero-order valence-corrected chi connectivity index (χ0v) is 14.9. The van der Waals surface area contributed by atoms with Crippen molar-refractivity contribution in [3.63, 3.8) is 0 Å². The van der Waals surface area contributed by atoms with Gasteiger partial charge in [-0.3, -0.25) is 4.79 Å². The third-order valence-corrected chi connectivity index (χ3v) is 7.41. The first-order chi connectivity index (χ1) is 10.7. The Balaban J connectivity index is 2.04. The summed E-state index contributed by atoms with van der Waals surface area (Å²) in [5.41, 5.74) is -0.374. The van der Waals surface area contributed by atoms with Crippen molar-refractivity contribution in [2.45, 2.75) is 71.8 Å². The van der Waals surface area contributed by atoms with E-state index >= 15 is 0 Å². The lowest BCUT2D eigenvalue weighted by Gasteiger charge is -2.58. The molecule has 0 aliphatic heterocycles. The molecule has 2 fully saturated rings. The molecule has 128 valence electrons. The first-order valence-electron chi connectivity index (χ1n) is 9.11. The Bertz CT molecular complexity index is 563. The van der Waals surface area contributed by atoms with Gasteiger partial charge in [0.25, 0.3) is 0 Å². The largest absolute Gasteiger partial charge is 0.386 e. The average molecular weight is 318 g/mol. The first-order valence-corrected chi connectivity index (χ1v) is 9.11. The van der Waals surface area contributed by atoms with Gasteiger partial charge in [0.05, 0.1) is 5.60 Å². The molecule has 3 aliphatic rings. The number of allylic oxidation sites excluding steroid dienone is 1. The quantitative estimate of drug-likeness (QED) is 0.790. The van der Waals surface area contributed by atoms with Crippen molar-refractivity contribution in [1.82, 2.24) is 0 Å². The second kappa shape index (κ2) is 5.27. The molecule has 0 heterocycles.